The zero-order valence-corrected chi connectivity index (χ0v) is 13.1. The molecule has 108 valence electrons. The normalized spacial score (nSPS) is 13.3. The summed E-state index contributed by atoms with van der Waals surface area (Å²) in [5.74, 6) is 1.03. The molecule has 1 N–H and O–H groups in total. The van der Waals surface area contributed by atoms with Crippen molar-refractivity contribution in [2.45, 2.75) is 58.9 Å². The smallest absolute Gasteiger partial charge is 0.123 e. The topological polar surface area (TPSA) is 21.3 Å². The van der Waals surface area contributed by atoms with Crippen LogP contribution in [0.2, 0.25) is 0 Å². The molecule has 1 unspecified atom stereocenters. The Hall–Kier alpha value is -1.02. The molecule has 0 aliphatic carbocycles. The van der Waals surface area contributed by atoms with E-state index in [0.717, 1.165) is 25.3 Å². The first-order chi connectivity index (χ1) is 8.95. The number of nitrogens with one attached hydrogen (secondary N) is 1. The van der Waals surface area contributed by atoms with Gasteiger partial charge in [-0.25, -0.2) is 0 Å². The Bertz CT molecular complexity index is 368. The zero-order chi connectivity index (χ0) is 14.3. The van der Waals surface area contributed by atoms with Crippen LogP contribution in [0.25, 0.3) is 0 Å². The highest BCUT2D eigenvalue weighted by Crippen LogP contribution is 2.30. The average molecular weight is 263 g/mol. The minimum absolute atomic E-state index is 0.128. The van der Waals surface area contributed by atoms with Gasteiger partial charge in [0.1, 0.15) is 5.75 Å². The summed E-state index contributed by atoms with van der Waals surface area (Å²) in [6.07, 6.45) is 2.22. The molecule has 0 spiro atoms. The molecule has 0 saturated carbocycles. The molecule has 0 saturated heterocycles. The molecule has 0 fully saturated rings. The third kappa shape index (κ3) is 5.65. The lowest BCUT2D eigenvalue weighted by molar-refractivity contribution is 0.283. The summed E-state index contributed by atoms with van der Waals surface area (Å²) >= 11 is 0. The van der Waals surface area contributed by atoms with Crippen molar-refractivity contribution in [2.75, 3.05) is 13.2 Å². The van der Waals surface area contributed by atoms with E-state index in [9.17, 15) is 0 Å². The summed E-state index contributed by atoms with van der Waals surface area (Å²) < 4.78 is 5.97. The van der Waals surface area contributed by atoms with Crippen molar-refractivity contribution < 1.29 is 4.74 Å². The first kappa shape index (κ1) is 16.0. The van der Waals surface area contributed by atoms with Crippen LogP contribution in [0, 0.1) is 0 Å². The van der Waals surface area contributed by atoms with Gasteiger partial charge in [-0.15, -0.1) is 0 Å². The van der Waals surface area contributed by atoms with Crippen molar-refractivity contribution in [3.8, 4) is 5.75 Å². The Labute approximate surface area is 118 Å². The van der Waals surface area contributed by atoms with Gasteiger partial charge >= 0.3 is 0 Å². The molecule has 2 heteroatoms. The maximum absolute atomic E-state index is 5.97. The van der Waals surface area contributed by atoms with E-state index in [2.05, 4.69) is 58.1 Å². The largest absolute Gasteiger partial charge is 0.493 e. The Balaban J connectivity index is 2.50. The van der Waals surface area contributed by atoms with E-state index < -0.39 is 0 Å². The molecule has 0 amide bonds. The molecule has 2 nitrogen and oxygen atoms in total. The molecule has 0 aliphatic heterocycles. The first-order valence-electron chi connectivity index (χ1n) is 7.41. The Morgan fingerprint density at radius 1 is 1.21 bits per heavy atom. The summed E-state index contributed by atoms with van der Waals surface area (Å²) in [5.41, 5.74) is 1.41. The van der Waals surface area contributed by atoms with E-state index in [-0.39, 0.29) is 5.41 Å². The van der Waals surface area contributed by atoms with Crippen molar-refractivity contribution in [1.29, 1.82) is 0 Å². The quantitative estimate of drug-likeness (QED) is 0.798. The standard InChI is InChI=1S/C17H29NO/c1-6-12-18-14(2)11-13-19-16-10-8-7-9-15(16)17(3,4)5/h7-10,14,18H,6,11-13H2,1-5H3. The Kier molecular flexibility index (Phi) is 6.36. The number of rotatable bonds is 7. The number of hydrogen-bond donors (Lipinski definition) is 1. The van der Waals surface area contributed by atoms with Gasteiger partial charge in [0.05, 0.1) is 6.61 Å². The monoisotopic (exact) mass is 263 g/mol. The van der Waals surface area contributed by atoms with Gasteiger partial charge in [0.25, 0.3) is 0 Å². The van der Waals surface area contributed by atoms with Crippen LogP contribution in [-0.4, -0.2) is 19.2 Å². The van der Waals surface area contributed by atoms with Crippen LogP contribution in [0.3, 0.4) is 0 Å². The molecule has 1 aromatic carbocycles. The summed E-state index contributed by atoms with van der Waals surface area (Å²) in [5, 5.41) is 3.48. The lowest BCUT2D eigenvalue weighted by atomic mass is 9.86. The minimum atomic E-state index is 0.128. The van der Waals surface area contributed by atoms with Crippen LogP contribution in [-0.2, 0) is 5.41 Å². The van der Waals surface area contributed by atoms with Crippen LogP contribution in [0.1, 0.15) is 53.0 Å². The predicted octanol–water partition coefficient (Wildman–Crippen LogP) is 4.14. The fourth-order valence-electron chi connectivity index (χ4n) is 2.05. The second-order valence-corrected chi connectivity index (χ2v) is 6.24. The fourth-order valence-corrected chi connectivity index (χ4v) is 2.05. The van der Waals surface area contributed by atoms with E-state index in [1.165, 1.54) is 12.0 Å². The van der Waals surface area contributed by atoms with Crippen LogP contribution in [0.15, 0.2) is 24.3 Å². The van der Waals surface area contributed by atoms with E-state index in [1.807, 2.05) is 6.07 Å². The van der Waals surface area contributed by atoms with Crippen molar-refractivity contribution in [3.63, 3.8) is 0 Å². The predicted molar refractivity (Wildman–Crippen MR) is 83.0 cm³/mol. The molecular formula is C17H29NO. The van der Waals surface area contributed by atoms with Gasteiger partial charge in [0.2, 0.25) is 0 Å². The fraction of sp³-hybridized carbons (Fsp3) is 0.647. The summed E-state index contributed by atoms with van der Waals surface area (Å²) in [7, 11) is 0. The molecule has 1 aromatic rings. The van der Waals surface area contributed by atoms with E-state index in [0.29, 0.717) is 6.04 Å². The van der Waals surface area contributed by atoms with Crippen LogP contribution in [0.5, 0.6) is 5.75 Å². The van der Waals surface area contributed by atoms with E-state index >= 15 is 0 Å². The number of ether oxygens (including phenoxy) is 1. The first-order valence-corrected chi connectivity index (χ1v) is 7.41. The number of para-hydroxylation sites is 1. The highest BCUT2D eigenvalue weighted by molar-refractivity contribution is 5.38. The van der Waals surface area contributed by atoms with E-state index in [4.69, 9.17) is 4.74 Å². The lowest BCUT2D eigenvalue weighted by Crippen LogP contribution is -2.28. The molecule has 0 aromatic heterocycles. The van der Waals surface area contributed by atoms with E-state index in [1.54, 1.807) is 0 Å². The molecular weight excluding hydrogens is 234 g/mol. The van der Waals surface area contributed by atoms with Crippen molar-refractivity contribution in [1.82, 2.24) is 5.32 Å². The Morgan fingerprint density at radius 2 is 1.89 bits per heavy atom. The maximum Gasteiger partial charge on any atom is 0.123 e. The number of hydrogen-bond acceptors (Lipinski definition) is 2. The summed E-state index contributed by atoms with van der Waals surface area (Å²) in [4.78, 5) is 0. The molecule has 1 atom stereocenters. The second kappa shape index (κ2) is 7.54. The highest BCUT2D eigenvalue weighted by atomic mass is 16.5. The van der Waals surface area contributed by atoms with Crippen molar-refractivity contribution in [3.05, 3.63) is 29.8 Å². The highest BCUT2D eigenvalue weighted by Gasteiger charge is 2.18. The van der Waals surface area contributed by atoms with Crippen LogP contribution in [0.4, 0.5) is 0 Å². The van der Waals surface area contributed by atoms with Gasteiger partial charge in [0.15, 0.2) is 0 Å². The molecule has 0 bridgehead atoms. The van der Waals surface area contributed by atoms with Gasteiger partial charge in [-0.2, -0.15) is 0 Å². The van der Waals surface area contributed by atoms with Crippen LogP contribution < -0.4 is 10.1 Å². The lowest BCUT2D eigenvalue weighted by Gasteiger charge is -2.23. The summed E-state index contributed by atoms with van der Waals surface area (Å²) in [6.45, 7) is 12.9. The average Bonchev–Trinajstić information content (AvgIpc) is 2.35. The SMILES string of the molecule is CCCNC(C)CCOc1ccccc1C(C)(C)C. The summed E-state index contributed by atoms with van der Waals surface area (Å²) in [6, 6.07) is 8.88. The number of benzene rings is 1. The minimum Gasteiger partial charge on any atom is -0.493 e. The third-order valence-electron chi connectivity index (χ3n) is 3.25. The molecule has 1 rings (SSSR count). The Morgan fingerprint density at radius 3 is 2.53 bits per heavy atom. The molecule has 19 heavy (non-hydrogen) atoms. The van der Waals surface area contributed by atoms with Gasteiger partial charge in [-0.05, 0) is 43.4 Å². The van der Waals surface area contributed by atoms with Gasteiger partial charge in [-0.1, -0.05) is 45.9 Å². The maximum atomic E-state index is 5.97. The van der Waals surface area contributed by atoms with Gasteiger partial charge < -0.3 is 10.1 Å². The van der Waals surface area contributed by atoms with Gasteiger partial charge in [-0.3, -0.25) is 0 Å². The van der Waals surface area contributed by atoms with Crippen LogP contribution >= 0.6 is 0 Å². The molecule has 0 heterocycles. The third-order valence-corrected chi connectivity index (χ3v) is 3.25. The second-order valence-electron chi connectivity index (χ2n) is 6.24. The molecule has 0 radical (unpaired) electrons. The van der Waals surface area contributed by atoms with Gasteiger partial charge in [0, 0.05) is 6.04 Å². The zero-order valence-electron chi connectivity index (χ0n) is 13.1. The molecule has 0 aliphatic rings. The van der Waals surface area contributed by atoms with Crippen molar-refractivity contribution in [2.24, 2.45) is 0 Å². The van der Waals surface area contributed by atoms with Crippen molar-refractivity contribution >= 4 is 0 Å².